The number of benzene rings is 1. The lowest BCUT2D eigenvalue weighted by Gasteiger charge is -2.43. The Labute approximate surface area is 108 Å². The van der Waals surface area contributed by atoms with E-state index < -0.39 is 0 Å². The van der Waals surface area contributed by atoms with Crippen LogP contribution in [0.25, 0.3) is 0 Å². The maximum Gasteiger partial charge on any atom is 0.123 e. The van der Waals surface area contributed by atoms with Crippen molar-refractivity contribution < 1.29 is 9.13 Å². The van der Waals surface area contributed by atoms with Crippen molar-refractivity contribution in [3.05, 3.63) is 30.1 Å². The molecule has 1 saturated heterocycles. The van der Waals surface area contributed by atoms with Gasteiger partial charge in [-0.3, -0.25) is 0 Å². The standard InChI is InChI=1S/C14H21FN2O/c1-10-7-14(9-16,8-11(2)18-10)17-13-5-3-12(15)4-6-13/h3-6,10-11,17H,7-9,16H2,1-2H3. The first-order chi connectivity index (χ1) is 8.53. The molecule has 0 spiro atoms. The van der Waals surface area contributed by atoms with Gasteiger partial charge in [-0.2, -0.15) is 0 Å². The maximum atomic E-state index is 12.9. The summed E-state index contributed by atoms with van der Waals surface area (Å²) in [6.45, 7) is 4.67. The number of hydrogen-bond donors (Lipinski definition) is 2. The van der Waals surface area contributed by atoms with Crippen LogP contribution in [0.5, 0.6) is 0 Å². The lowest BCUT2D eigenvalue weighted by molar-refractivity contribution is -0.0536. The maximum absolute atomic E-state index is 12.9. The SMILES string of the molecule is CC1CC(CN)(Nc2ccc(F)cc2)CC(C)O1. The number of nitrogens with two attached hydrogens (primary N) is 1. The average Bonchev–Trinajstić information content (AvgIpc) is 2.31. The molecule has 3 N–H and O–H groups in total. The van der Waals surface area contributed by atoms with E-state index in [4.69, 9.17) is 10.5 Å². The Kier molecular flexibility index (Phi) is 3.88. The van der Waals surface area contributed by atoms with E-state index in [2.05, 4.69) is 19.2 Å². The van der Waals surface area contributed by atoms with Crippen LogP contribution in [0.3, 0.4) is 0 Å². The summed E-state index contributed by atoms with van der Waals surface area (Å²) >= 11 is 0. The summed E-state index contributed by atoms with van der Waals surface area (Å²) in [5.41, 5.74) is 6.70. The van der Waals surface area contributed by atoms with Crippen LogP contribution in [-0.4, -0.2) is 24.3 Å². The van der Waals surface area contributed by atoms with Gasteiger partial charge in [0, 0.05) is 12.2 Å². The molecule has 0 saturated carbocycles. The number of rotatable bonds is 3. The van der Waals surface area contributed by atoms with Gasteiger partial charge in [-0.1, -0.05) is 0 Å². The fraction of sp³-hybridized carbons (Fsp3) is 0.571. The number of hydrogen-bond acceptors (Lipinski definition) is 3. The summed E-state index contributed by atoms with van der Waals surface area (Å²) in [5.74, 6) is -0.226. The Morgan fingerprint density at radius 1 is 1.28 bits per heavy atom. The van der Waals surface area contributed by atoms with E-state index >= 15 is 0 Å². The van der Waals surface area contributed by atoms with Gasteiger partial charge in [0.1, 0.15) is 5.82 Å². The highest BCUT2D eigenvalue weighted by molar-refractivity contribution is 5.46. The summed E-state index contributed by atoms with van der Waals surface area (Å²) in [6.07, 6.45) is 2.10. The predicted octanol–water partition coefficient (Wildman–Crippen LogP) is 2.52. The van der Waals surface area contributed by atoms with Crippen LogP contribution in [0, 0.1) is 5.82 Å². The Hall–Kier alpha value is -1.13. The fourth-order valence-corrected chi connectivity index (χ4v) is 2.84. The molecule has 0 bridgehead atoms. The van der Waals surface area contributed by atoms with Crippen molar-refractivity contribution in [1.29, 1.82) is 0 Å². The van der Waals surface area contributed by atoms with Crippen LogP contribution in [0.2, 0.25) is 0 Å². The van der Waals surface area contributed by atoms with E-state index in [9.17, 15) is 4.39 Å². The number of halogens is 1. The lowest BCUT2D eigenvalue weighted by Crippen LogP contribution is -2.53. The average molecular weight is 252 g/mol. The topological polar surface area (TPSA) is 47.3 Å². The molecule has 1 heterocycles. The van der Waals surface area contributed by atoms with Gasteiger partial charge in [0.05, 0.1) is 17.7 Å². The van der Waals surface area contributed by atoms with Crippen LogP contribution in [0.15, 0.2) is 24.3 Å². The molecule has 0 radical (unpaired) electrons. The van der Waals surface area contributed by atoms with Gasteiger partial charge in [-0.25, -0.2) is 4.39 Å². The molecule has 0 aliphatic carbocycles. The van der Waals surface area contributed by atoms with Gasteiger partial charge in [-0.05, 0) is 51.0 Å². The van der Waals surface area contributed by atoms with Gasteiger partial charge in [-0.15, -0.1) is 0 Å². The predicted molar refractivity (Wildman–Crippen MR) is 71.1 cm³/mol. The second-order valence-corrected chi connectivity index (χ2v) is 5.28. The summed E-state index contributed by atoms with van der Waals surface area (Å²) in [6, 6.07) is 6.41. The molecule has 0 amide bonds. The van der Waals surface area contributed by atoms with Gasteiger partial charge in [0.25, 0.3) is 0 Å². The molecule has 1 aromatic carbocycles. The zero-order chi connectivity index (χ0) is 13.2. The summed E-state index contributed by atoms with van der Waals surface area (Å²) in [7, 11) is 0. The Morgan fingerprint density at radius 3 is 2.33 bits per heavy atom. The normalized spacial score (nSPS) is 32.2. The van der Waals surface area contributed by atoms with Crippen LogP contribution in [-0.2, 0) is 4.74 Å². The largest absolute Gasteiger partial charge is 0.378 e. The molecular formula is C14H21FN2O. The molecule has 0 aromatic heterocycles. The van der Waals surface area contributed by atoms with E-state index in [1.165, 1.54) is 12.1 Å². The molecule has 18 heavy (non-hydrogen) atoms. The van der Waals surface area contributed by atoms with Crippen molar-refractivity contribution in [2.45, 2.75) is 44.4 Å². The minimum Gasteiger partial charge on any atom is -0.378 e. The molecule has 2 unspecified atom stereocenters. The van der Waals surface area contributed by atoms with Crippen molar-refractivity contribution in [2.24, 2.45) is 5.73 Å². The molecular weight excluding hydrogens is 231 g/mol. The van der Waals surface area contributed by atoms with E-state index in [-0.39, 0.29) is 23.6 Å². The molecule has 4 heteroatoms. The number of anilines is 1. The molecule has 1 aliphatic heterocycles. The first kappa shape index (κ1) is 13.3. The van der Waals surface area contributed by atoms with Crippen molar-refractivity contribution in [2.75, 3.05) is 11.9 Å². The van der Waals surface area contributed by atoms with Crippen LogP contribution in [0.4, 0.5) is 10.1 Å². The summed E-state index contributed by atoms with van der Waals surface area (Å²) in [4.78, 5) is 0. The third-order valence-electron chi connectivity index (χ3n) is 3.47. The summed E-state index contributed by atoms with van der Waals surface area (Å²) < 4.78 is 18.6. The summed E-state index contributed by atoms with van der Waals surface area (Å²) in [5, 5.41) is 3.46. The zero-order valence-corrected chi connectivity index (χ0v) is 10.9. The Bertz CT molecular complexity index is 383. The van der Waals surface area contributed by atoms with Crippen LogP contribution >= 0.6 is 0 Å². The van der Waals surface area contributed by atoms with Crippen LogP contribution < -0.4 is 11.1 Å². The first-order valence-corrected chi connectivity index (χ1v) is 6.42. The highest BCUT2D eigenvalue weighted by Crippen LogP contribution is 2.31. The van der Waals surface area contributed by atoms with Crippen molar-refractivity contribution in [1.82, 2.24) is 0 Å². The Balaban J connectivity index is 2.14. The molecule has 2 rings (SSSR count). The van der Waals surface area contributed by atoms with E-state index in [0.29, 0.717) is 6.54 Å². The van der Waals surface area contributed by atoms with Gasteiger partial charge < -0.3 is 15.8 Å². The zero-order valence-electron chi connectivity index (χ0n) is 10.9. The van der Waals surface area contributed by atoms with E-state index in [1.54, 1.807) is 12.1 Å². The molecule has 1 aliphatic rings. The smallest absolute Gasteiger partial charge is 0.123 e. The second kappa shape index (κ2) is 5.24. The molecule has 100 valence electrons. The van der Waals surface area contributed by atoms with Crippen molar-refractivity contribution in [3.8, 4) is 0 Å². The molecule has 1 fully saturated rings. The quantitative estimate of drug-likeness (QED) is 0.869. The molecule has 1 aromatic rings. The van der Waals surface area contributed by atoms with Crippen molar-refractivity contribution >= 4 is 5.69 Å². The van der Waals surface area contributed by atoms with E-state index in [1.807, 2.05) is 0 Å². The Morgan fingerprint density at radius 2 is 1.83 bits per heavy atom. The monoisotopic (exact) mass is 252 g/mol. The lowest BCUT2D eigenvalue weighted by atomic mass is 9.84. The minimum atomic E-state index is -0.226. The number of ether oxygens (including phenoxy) is 1. The second-order valence-electron chi connectivity index (χ2n) is 5.28. The van der Waals surface area contributed by atoms with Gasteiger partial charge >= 0.3 is 0 Å². The van der Waals surface area contributed by atoms with Crippen molar-refractivity contribution in [3.63, 3.8) is 0 Å². The van der Waals surface area contributed by atoms with E-state index in [0.717, 1.165) is 18.5 Å². The third kappa shape index (κ3) is 3.00. The first-order valence-electron chi connectivity index (χ1n) is 6.42. The van der Waals surface area contributed by atoms with Gasteiger partial charge in [0.15, 0.2) is 0 Å². The highest BCUT2D eigenvalue weighted by Gasteiger charge is 2.37. The van der Waals surface area contributed by atoms with Crippen LogP contribution in [0.1, 0.15) is 26.7 Å². The third-order valence-corrected chi connectivity index (χ3v) is 3.47. The molecule has 3 nitrogen and oxygen atoms in total. The highest BCUT2D eigenvalue weighted by atomic mass is 19.1. The fourth-order valence-electron chi connectivity index (χ4n) is 2.84. The number of nitrogens with one attached hydrogen (secondary N) is 1. The minimum absolute atomic E-state index is 0.158. The molecule has 2 atom stereocenters. The van der Waals surface area contributed by atoms with Gasteiger partial charge in [0.2, 0.25) is 0 Å².